The minimum absolute atomic E-state index is 0.119. The SMILES string of the molecule is Cc1c(C)c2c(c(C)c1O)CC(C)C(C)([C@H]1O[C@H](CO)[C@H](O)[C@H](O)[C@H]1O)O2. The molecule has 1 aromatic rings. The minimum Gasteiger partial charge on any atom is -0.507 e. The van der Waals surface area contributed by atoms with Crippen molar-refractivity contribution in [3.05, 3.63) is 22.3 Å². The van der Waals surface area contributed by atoms with Gasteiger partial charge in [0.05, 0.1) is 6.61 Å². The molecule has 2 unspecified atom stereocenters. The van der Waals surface area contributed by atoms with E-state index in [2.05, 4.69) is 0 Å². The number of benzene rings is 1. The second kappa shape index (κ2) is 6.90. The fraction of sp³-hybridized carbons (Fsp3) is 0.700. The van der Waals surface area contributed by atoms with E-state index in [1.807, 2.05) is 34.6 Å². The van der Waals surface area contributed by atoms with Crippen molar-refractivity contribution in [2.75, 3.05) is 6.61 Å². The van der Waals surface area contributed by atoms with E-state index >= 15 is 0 Å². The number of rotatable bonds is 2. The van der Waals surface area contributed by atoms with Crippen molar-refractivity contribution in [2.24, 2.45) is 5.92 Å². The first-order valence-corrected chi connectivity index (χ1v) is 9.35. The molecule has 0 bridgehead atoms. The van der Waals surface area contributed by atoms with Crippen molar-refractivity contribution < 1.29 is 35.0 Å². The molecule has 2 heterocycles. The summed E-state index contributed by atoms with van der Waals surface area (Å²) in [6.45, 7) is 8.84. The van der Waals surface area contributed by atoms with Gasteiger partial charge in [0.15, 0.2) is 0 Å². The molecule has 0 aliphatic carbocycles. The number of hydrogen-bond acceptors (Lipinski definition) is 7. The van der Waals surface area contributed by atoms with Gasteiger partial charge in [-0.3, -0.25) is 0 Å². The Balaban J connectivity index is 2.05. The van der Waals surface area contributed by atoms with Crippen LogP contribution in [0.4, 0.5) is 0 Å². The molecule has 1 aromatic carbocycles. The molecule has 7 atom stereocenters. The molecule has 0 saturated carbocycles. The molecular weight excluding hydrogens is 352 g/mol. The lowest BCUT2D eigenvalue weighted by Gasteiger charge is -2.52. The van der Waals surface area contributed by atoms with E-state index in [0.29, 0.717) is 12.2 Å². The number of hydrogen-bond donors (Lipinski definition) is 5. The first-order valence-electron chi connectivity index (χ1n) is 9.35. The van der Waals surface area contributed by atoms with Gasteiger partial charge in [0.25, 0.3) is 0 Å². The van der Waals surface area contributed by atoms with E-state index in [9.17, 15) is 25.5 Å². The van der Waals surface area contributed by atoms with Crippen LogP contribution in [0.15, 0.2) is 0 Å². The summed E-state index contributed by atoms with van der Waals surface area (Å²) in [5, 5.41) is 50.7. The highest BCUT2D eigenvalue weighted by Crippen LogP contribution is 2.48. The van der Waals surface area contributed by atoms with Crippen molar-refractivity contribution in [2.45, 2.75) is 77.2 Å². The number of ether oxygens (including phenoxy) is 2. The molecule has 152 valence electrons. The molecule has 2 aliphatic heterocycles. The second-order valence-electron chi connectivity index (χ2n) is 8.17. The van der Waals surface area contributed by atoms with Crippen LogP contribution in [0.5, 0.6) is 11.5 Å². The quantitative estimate of drug-likeness (QED) is 0.505. The molecule has 7 heteroatoms. The van der Waals surface area contributed by atoms with E-state index in [0.717, 1.165) is 22.3 Å². The molecule has 0 radical (unpaired) electrons. The number of aliphatic hydroxyl groups is 4. The van der Waals surface area contributed by atoms with E-state index in [-0.39, 0.29) is 11.7 Å². The summed E-state index contributed by atoms with van der Waals surface area (Å²) in [5.74, 6) is 0.797. The summed E-state index contributed by atoms with van der Waals surface area (Å²) in [4.78, 5) is 0. The summed E-state index contributed by atoms with van der Waals surface area (Å²) >= 11 is 0. The first kappa shape index (κ1) is 20.4. The third kappa shape index (κ3) is 2.93. The van der Waals surface area contributed by atoms with Crippen LogP contribution in [0, 0.1) is 26.7 Å². The third-order valence-electron chi connectivity index (χ3n) is 6.61. The van der Waals surface area contributed by atoms with E-state index in [4.69, 9.17) is 9.47 Å². The van der Waals surface area contributed by atoms with Gasteiger partial charge >= 0.3 is 0 Å². The van der Waals surface area contributed by atoms with Crippen LogP contribution < -0.4 is 4.74 Å². The van der Waals surface area contributed by atoms with Crippen molar-refractivity contribution in [3.8, 4) is 11.5 Å². The smallest absolute Gasteiger partial charge is 0.138 e. The predicted octanol–water partition coefficient (Wildman–Crippen LogP) is 0.490. The zero-order chi connectivity index (χ0) is 20.3. The lowest BCUT2D eigenvalue weighted by atomic mass is 9.73. The molecular formula is C20H30O7. The summed E-state index contributed by atoms with van der Waals surface area (Å²) < 4.78 is 12.2. The van der Waals surface area contributed by atoms with Crippen LogP contribution in [0.1, 0.15) is 36.1 Å². The topological polar surface area (TPSA) is 120 Å². The number of phenols is 1. The summed E-state index contributed by atoms with van der Waals surface area (Å²) in [5.41, 5.74) is 2.25. The van der Waals surface area contributed by atoms with Crippen molar-refractivity contribution >= 4 is 0 Å². The minimum atomic E-state index is -1.45. The second-order valence-corrected chi connectivity index (χ2v) is 8.17. The van der Waals surface area contributed by atoms with Crippen LogP contribution in [-0.2, 0) is 11.2 Å². The molecule has 27 heavy (non-hydrogen) atoms. The molecule has 1 saturated heterocycles. The van der Waals surface area contributed by atoms with Crippen molar-refractivity contribution in [3.63, 3.8) is 0 Å². The first-order chi connectivity index (χ1) is 12.5. The van der Waals surface area contributed by atoms with Crippen molar-refractivity contribution in [1.82, 2.24) is 0 Å². The van der Waals surface area contributed by atoms with Gasteiger partial charge in [-0.1, -0.05) is 6.92 Å². The molecule has 7 nitrogen and oxygen atoms in total. The number of aliphatic hydroxyl groups excluding tert-OH is 4. The maximum absolute atomic E-state index is 10.6. The summed E-state index contributed by atoms with van der Waals surface area (Å²) in [6, 6.07) is 0. The van der Waals surface area contributed by atoms with Crippen LogP contribution in [0.25, 0.3) is 0 Å². The Bertz CT molecular complexity index is 732. The van der Waals surface area contributed by atoms with Crippen LogP contribution >= 0.6 is 0 Å². The largest absolute Gasteiger partial charge is 0.507 e. The monoisotopic (exact) mass is 382 g/mol. The maximum atomic E-state index is 10.6. The summed E-state index contributed by atoms with van der Waals surface area (Å²) in [6.07, 6.45) is -5.53. The summed E-state index contributed by atoms with van der Waals surface area (Å²) in [7, 11) is 0. The lowest BCUT2D eigenvalue weighted by Crippen LogP contribution is -2.68. The van der Waals surface area contributed by atoms with Crippen LogP contribution in [-0.4, -0.2) is 68.3 Å². The standard InChI is InChI=1S/C20H30O7/c1-8-6-12-11(4)14(22)9(2)10(3)18(12)27-20(8,5)19-17(25)16(24)15(23)13(7-21)26-19/h8,13,15-17,19,21-25H,6-7H2,1-5H3/t8?,13-,15+,16+,17-,19+,20?/m1/s1. The van der Waals surface area contributed by atoms with Gasteiger partial charge in [-0.2, -0.15) is 0 Å². The fourth-order valence-electron chi connectivity index (χ4n) is 4.30. The van der Waals surface area contributed by atoms with Gasteiger partial charge < -0.3 is 35.0 Å². The lowest BCUT2D eigenvalue weighted by molar-refractivity contribution is -0.271. The highest BCUT2D eigenvalue weighted by molar-refractivity contribution is 5.58. The van der Waals surface area contributed by atoms with Gasteiger partial charge in [0.1, 0.15) is 47.6 Å². The number of phenolic OH excluding ortho intramolecular Hbond substituents is 1. The van der Waals surface area contributed by atoms with E-state index in [1.165, 1.54) is 0 Å². The highest BCUT2D eigenvalue weighted by atomic mass is 16.6. The zero-order valence-electron chi connectivity index (χ0n) is 16.4. The third-order valence-corrected chi connectivity index (χ3v) is 6.61. The maximum Gasteiger partial charge on any atom is 0.138 e. The Labute approximate surface area is 159 Å². The molecule has 0 aromatic heterocycles. The normalized spacial score (nSPS) is 39.0. The Hall–Kier alpha value is -1.38. The van der Waals surface area contributed by atoms with E-state index in [1.54, 1.807) is 0 Å². The van der Waals surface area contributed by atoms with Gasteiger partial charge in [-0.05, 0) is 50.8 Å². The number of aromatic hydroxyl groups is 1. The number of fused-ring (bicyclic) bond motifs is 1. The highest BCUT2D eigenvalue weighted by Gasteiger charge is 2.56. The fourth-order valence-corrected chi connectivity index (χ4v) is 4.30. The van der Waals surface area contributed by atoms with Crippen LogP contribution in [0.2, 0.25) is 0 Å². The Morgan fingerprint density at radius 2 is 1.63 bits per heavy atom. The Morgan fingerprint density at radius 1 is 1.00 bits per heavy atom. The molecule has 5 N–H and O–H groups in total. The molecule has 0 amide bonds. The molecule has 0 spiro atoms. The van der Waals surface area contributed by atoms with Gasteiger partial charge in [0, 0.05) is 11.5 Å². The van der Waals surface area contributed by atoms with Crippen LogP contribution in [0.3, 0.4) is 0 Å². The molecule has 3 rings (SSSR count). The van der Waals surface area contributed by atoms with Gasteiger partial charge in [-0.25, -0.2) is 0 Å². The zero-order valence-corrected chi connectivity index (χ0v) is 16.4. The Morgan fingerprint density at radius 3 is 2.22 bits per heavy atom. The van der Waals surface area contributed by atoms with Gasteiger partial charge in [-0.15, -0.1) is 0 Å². The molecule has 1 fully saturated rings. The van der Waals surface area contributed by atoms with E-state index < -0.39 is 42.7 Å². The van der Waals surface area contributed by atoms with Crippen molar-refractivity contribution in [1.29, 1.82) is 0 Å². The molecule has 2 aliphatic rings. The average molecular weight is 382 g/mol. The van der Waals surface area contributed by atoms with Gasteiger partial charge in [0.2, 0.25) is 0 Å². The predicted molar refractivity (Wildman–Crippen MR) is 98.0 cm³/mol. The average Bonchev–Trinajstić information content (AvgIpc) is 2.64. The Kier molecular flexibility index (Phi) is 5.20.